The Bertz CT molecular complexity index is 1290. The van der Waals surface area contributed by atoms with E-state index < -0.39 is 15.9 Å². The first-order chi connectivity index (χ1) is 14.8. The average Bonchev–Trinajstić information content (AvgIpc) is 3.08. The summed E-state index contributed by atoms with van der Waals surface area (Å²) in [6, 6.07) is 11.7. The lowest BCUT2D eigenvalue weighted by atomic mass is 10.0. The molecule has 31 heavy (non-hydrogen) atoms. The summed E-state index contributed by atoms with van der Waals surface area (Å²) in [5.74, 6) is 0.682. The number of ether oxygens (including phenoxy) is 1. The summed E-state index contributed by atoms with van der Waals surface area (Å²) in [5, 5.41) is 0. The highest BCUT2D eigenvalue weighted by Gasteiger charge is 2.28. The van der Waals surface area contributed by atoms with Gasteiger partial charge in [0.05, 0.1) is 22.2 Å². The monoisotopic (exact) mass is 459 g/mol. The van der Waals surface area contributed by atoms with E-state index in [0.717, 1.165) is 28.8 Å². The quantitative estimate of drug-likeness (QED) is 0.599. The van der Waals surface area contributed by atoms with Crippen LogP contribution in [0.1, 0.15) is 30.1 Å². The maximum absolute atomic E-state index is 12.9. The van der Waals surface area contributed by atoms with Crippen molar-refractivity contribution in [1.29, 1.82) is 0 Å². The van der Waals surface area contributed by atoms with Crippen LogP contribution in [0.3, 0.4) is 0 Å². The minimum absolute atomic E-state index is 0.206. The fourth-order valence-corrected chi connectivity index (χ4v) is 6.43. The fraction of sp³-hybridized carbons (Fsp3) is 0.364. The van der Waals surface area contributed by atoms with Gasteiger partial charge in [-0.05, 0) is 61.2 Å². The summed E-state index contributed by atoms with van der Waals surface area (Å²) in [7, 11) is -0.0852. The Labute approximate surface area is 185 Å². The number of benzene rings is 2. The van der Waals surface area contributed by atoms with Crippen LogP contribution in [0, 0.1) is 5.92 Å². The van der Waals surface area contributed by atoms with Crippen LogP contribution >= 0.6 is 11.3 Å². The third-order valence-corrected chi connectivity index (χ3v) is 8.55. The molecule has 2 aromatic carbocycles. The number of methoxy groups -OCH3 is 1. The van der Waals surface area contributed by atoms with Gasteiger partial charge in [-0.3, -0.25) is 4.79 Å². The fourth-order valence-electron chi connectivity index (χ4n) is 3.78. The summed E-state index contributed by atoms with van der Waals surface area (Å²) in [6.07, 6.45) is 1.91. The first-order valence-corrected chi connectivity index (χ1v) is 12.4. The van der Waals surface area contributed by atoms with Crippen molar-refractivity contribution < 1.29 is 17.9 Å². The number of nitrogens with zero attached hydrogens (tertiary/aromatic N) is 3. The molecule has 0 radical (unpaired) electrons. The van der Waals surface area contributed by atoms with Crippen LogP contribution in [0.15, 0.2) is 52.4 Å². The Kier molecular flexibility index (Phi) is 6.00. The van der Waals surface area contributed by atoms with Gasteiger partial charge >= 0.3 is 0 Å². The van der Waals surface area contributed by atoms with Gasteiger partial charge in [0.25, 0.3) is 5.91 Å². The lowest BCUT2D eigenvalue weighted by Crippen LogP contribution is -2.39. The topological polar surface area (TPSA) is 81.0 Å². The van der Waals surface area contributed by atoms with E-state index in [0.29, 0.717) is 29.4 Å². The molecule has 3 aromatic rings. The number of hydrogen-bond acceptors (Lipinski definition) is 5. The van der Waals surface area contributed by atoms with Crippen molar-refractivity contribution >= 4 is 37.5 Å². The molecular weight excluding hydrogens is 434 g/mol. The van der Waals surface area contributed by atoms with Gasteiger partial charge < -0.3 is 9.30 Å². The second kappa shape index (κ2) is 8.57. The molecule has 9 heteroatoms. The molecule has 1 saturated heterocycles. The Balaban J connectivity index is 1.60. The molecule has 164 valence electrons. The Morgan fingerprint density at radius 2 is 1.94 bits per heavy atom. The molecule has 0 spiro atoms. The average molecular weight is 460 g/mol. The van der Waals surface area contributed by atoms with Gasteiger partial charge in [0.2, 0.25) is 10.0 Å². The molecule has 0 aliphatic carbocycles. The van der Waals surface area contributed by atoms with E-state index in [4.69, 9.17) is 4.74 Å². The molecule has 2 heterocycles. The predicted octanol–water partition coefficient (Wildman–Crippen LogP) is 3.41. The van der Waals surface area contributed by atoms with Gasteiger partial charge in [0.15, 0.2) is 4.80 Å². The van der Waals surface area contributed by atoms with Crippen LogP contribution in [0.2, 0.25) is 0 Å². The SMILES string of the molecule is COc1ccc2c(c1)sc(=NC(=O)c1ccc(S(=O)(=O)N3CCCC(C)C3)cc1)n2C. The summed E-state index contributed by atoms with van der Waals surface area (Å²) in [6.45, 7) is 3.14. The van der Waals surface area contributed by atoms with E-state index in [1.807, 2.05) is 29.8 Å². The highest BCUT2D eigenvalue weighted by atomic mass is 32.2. The summed E-state index contributed by atoms with van der Waals surface area (Å²) in [5.41, 5.74) is 1.30. The smallest absolute Gasteiger partial charge is 0.279 e. The van der Waals surface area contributed by atoms with E-state index in [-0.39, 0.29) is 4.90 Å². The highest BCUT2D eigenvalue weighted by molar-refractivity contribution is 7.89. The zero-order valence-corrected chi connectivity index (χ0v) is 19.4. The molecule has 1 fully saturated rings. The van der Waals surface area contributed by atoms with Crippen molar-refractivity contribution in [2.45, 2.75) is 24.7 Å². The van der Waals surface area contributed by atoms with E-state index in [1.165, 1.54) is 39.9 Å². The molecule has 1 unspecified atom stereocenters. The van der Waals surface area contributed by atoms with Crippen molar-refractivity contribution in [3.05, 3.63) is 52.8 Å². The van der Waals surface area contributed by atoms with Crippen LogP contribution in [-0.4, -0.2) is 43.4 Å². The normalized spacial score (nSPS) is 18.4. The standard InChI is InChI=1S/C22H25N3O4S2/c1-15-5-4-12-25(14-15)31(27,28)18-9-6-16(7-10-18)21(26)23-22-24(2)19-11-8-17(29-3)13-20(19)30-22/h6-11,13,15H,4-5,12,14H2,1-3H3. The van der Waals surface area contributed by atoms with Crippen molar-refractivity contribution in [2.75, 3.05) is 20.2 Å². The van der Waals surface area contributed by atoms with E-state index in [1.54, 1.807) is 7.11 Å². The Morgan fingerprint density at radius 1 is 1.19 bits per heavy atom. The summed E-state index contributed by atoms with van der Waals surface area (Å²) in [4.78, 5) is 17.7. The third-order valence-electron chi connectivity index (χ3n) is 5.57. The minimum atomic E-state index is -3.55. The minimum Gasteiger partial charge on any atom is -0.497 e. The largest absolute Gasteiger partial charge is 0.497 e. The Hall–Kier alpha value is -2.49. The van der Waals surface area contributed by atoms with Crippen LogP contribution < -0.4 is 9.54 Å². The third kappa shape index (κ3) is 4.30. The first-order valence-electron chi connectivity index (χ1n) is 10.1. The second-order valence-electron chi connectivity index (χ2n) is 7.83. The van der Waals surface area contributed by atoms with Gasteiger partial charge in [-0.15, -0.1) is 0 Å². The second-order valence-corrected chi connectivity index (χ2v) is 10.8. The molecule has 1 amide bonds. The molecule has 0 saturated carbocycles. The van der Waals surface area contributed by atoms with Gasteiger partial charge in [0, 0.05) is 25.7 Å². The van der Waals surface area contributed by atoms with Crippen LogP contribution in [0.5, 0.6) is 5.75 Å². The number of sulfonamides is 1. The highest BCUT2D eigenvalue weighted by Crippen LogP contribution is 2.24. The molecule has 0 bridgehead atoms. The van der Waals surface area contributed by atoms with Crippen molar-refractivity contribution in [1.82, 2.24) is 8.87 Å². The number of carbonyl (C=O) groups is 1. The molecule has 1 atom stereocenters. The summed E-state index contributed by atoms with van der Waals surface area (Å²) < 4.78 is 35.4. The molecule has 1 aromatic heterocycles. The number of rotatable bonds is 4. The van der Waals surface area contributed by atoms with Crippen LogP contribution in [0.25, 0.3) is 10.2 Å². The van der Waals surface area contributed by atoms with Gasteiger partial charge in [-0.2, -0.15) is 9.30 Å². The lowest BCUT2D eigenvalue weighted by molar-refractivity contribution is 0.0998. The Morgan fingerprint density at radius 3 is 2.61 bits per heavy atom. The summed E-state index contributed by atoms with van der Waals surface area (Å²) >= 11 is 1.40. The van der Waals surface area contributed by atoms with Crippen molar-refractivity contribution in [3.8, 4) is 5.75 Å². The van der Waals surface area contributed by atoms with Gasteiger partial charge in [-0.25, -0.2) is 8.42 Å². The predicted molar refractivity (Wildman–Crippen MR) is 121 cm³/mol. The number of amides is 1. The van der Waals surface area contributed by atoms with E-state index in [9.17, 15) is 13.2 Å². The van der Waals surface area contributed by atoms with Crippen LogP contribution in [0.4, 0.5) is 0 Å². The zero-order valence-electron chi connectivity index (χ0n) is 17.7. The molecule has 0 N–H and O–H groups in total. The number of carbonyl (C=O) groups excluding carboxylic acids is 1. The van der Waals surface area contributed by atoms with Crippen LogP contribution in [-0.2, 0) is 17.1 Å². The number of piperidine rings is 1. The number of aryl methyl sites for hydroxylation is 1. The molecule has 4 rings (SSSR count). The maximum Gasteiger partial charge on any atom is 0.279 e. The number of aromatic nitrogens is 1. The molecule has 1 aliphatic rings. The maximum atomic E-state index is 12.9. The number of fused-ring (bicyclic) bond motifs is 1. The molecule has 7 nitrogen and oxygen atoms in total. The lowest BCUT2D eigenvalue weighted by Gasteiger charge is -2.30. The van der Waals surface area contributed by atoms with Crippen molar-refractivity contribution in [3.63, 3.8) is 0 Å². The van der Waals surface area contributed by atoms with E-state index in [2.05, 4.69) is 11.9 Å². The first kappa shape index (κ1) is 21.7. The molecular formula is C22H25N3O4S2. The van der Waals surface area contributed by atoms with E-state index >= 15 is 0 Å². The van der Waals surface area contributed by atoms with Crippen molar-refractivity contribution in [2.24, 2.45) is 18.0 Å². The number of hydrogen-bond donors (Lipinski definition) is 0. The zero-order chi connectivity index (χ0) is 22.2. The molecule has 1 aliphatic heterocycles. The van der Waals surface area contributed by atoms with Gasteiger partial charge in [-0.1, -0.05) is 18.3 Å². The van der Waals surface area contributed by atoms with Gasteiger partial charge in [0.1, 0.15) is 5.75 Å². The number of thiazole rings is 1.